The Kier molecular flexibility index (Phi) is 3.91. The Morgan fingerprint density at radius 1 is 1.23 bits per heavy atom. The number of ether oxygens (including phenoxy) is 1. The van der Waals surface area contributed by atoms with Gasteiger partial charge in [0.1, 0.15) is 11.6 Å². The van der Waals surface area contributed by atoms with E-state index in [1.54, 1.807) is 25.4 Å². The first-order valence-electron chi connectivity index (χ1n) is 8.33. The van der Waals surface area contributed by atoms with E-state index in [0.717, 1.165) is 29.0 Å². The van der Waals surface area contributed by atoms with Gasteiger partial charge in [0.25, 0.3) is 0 Å². The van der Waals surface area contributed by atoms with E-state index >= 15 is 0 Å². The quantitative estimate of drug-likeness (QED) is 0.744. The monoisotopic (exact) mass is 350 g/mol. The summed E-state index contributed by atoms with van der Waals surface area (Å²) in [7, 11) is 1.55. The summed E-state index contributed by atoms with van der Waals surface area (Å²) in [5, 5.41) is 12.1. The second-order valence-corrected chi connectivity index (χ2v) is 6.42. The molecule has 1 aliphatic rings. The minimum atomic E-state index is -1.12. The molecule has 7 nitrogen and oxygen atoms in total. The Morgan fingerprint density at radius 2 is 2.08 bits per heavy atom. The summed E-state index contributed by atoms with van der Waals surface area (Å²) in [5.41, 5.74) is 3.05. The number of pyridine rings is 1. The number of carbonyl (C=O) groups is 1. The van der Waals surface area contributed by atoms with Gasteiger partial charge in [-0.2, -0.15) is 0 Å². The van der Waals surface area contributed by atoms with Crippen LogP contribution < -0.4 is 10.1 Å². The zero-order valence-corrected chi connectivity index (χ0v) is 14.4. The number of benzene rings is 1. The van der Waals surface area contributed by atoms with Crippen LogP contribution in [0.3, 0.4) is 0 Å². The maximum atomic E-state index is 10.9. The molecule has 0 radical (unpaired) electrons. The highest BCUT2D eigenvalue weighted by atomic mass is 16.5. The van der Waals surface area contributed by atoms with Crippen molar-refractivity contribution in [2.24, 2.45) is 0 Å². The molecule has 0 spiro atoms. The molecule has 1 saturated carbocycles. The minimum absolute atomic E-state index is 0.280. The topological polar surface area (TPSA) is 97.2 Å². The number of carboxylic acid groups (broad SMARTS) is 1. The molecule has 132 valence electrons. The van der Waals surface area contributed by atoms with Crippen molar-refractivity contribution in [1.82, 2.24) is 15.0 Å². The predicted molar refractivity (Wildman–Crippen MR) is 96.8 cm³/mol. The van der Waals surface area contributed by atoms with Crippen LogP contribution in [-0.4, -0.2) is 33.3 Å². The molecule has 2 heterocycles. The number of hydrogen-bond acceptors (Lipinski definition) is 5. The molecular formula is C19H18N4O3. The number of hydrogen-bond donors (Lipinski definition) is 2. The molecule has 0 unspecified atom stereocenters. The van der Waals surface area contributed by atoms with Gasteiger partial charge in [-0.1, -0.05) is 0 Å². The smallest absolute Gasteiger partial charge is 0.409 e. The lowest BCUT2D eigenvalue weighted by atomic mass is 10.1. The lowest BCUT2D eigenvalue weighted by molar-refractivity contribution is 0.210. The molecule has 2 N–H and O–H groups in total. The molecule has 1 aliphatic carbocycles. The zero-order chi connectivity index (χ0) is 18.3. The average molecular weight is 350 g/mol. The zero-order valence-electron chi connectivity index (χ0n) is 14.4. The SMILES string of the molecule is COc1cc(NC(=O)O)cc2nc([C@H]3C[C@@H]3c3nccc(C)n3)ccc12. The lowest BCUT2D eigenvalue weighted by Crippen LogP contribution is -2.07. The summed E-state index contributed by atoms with van der Waals surface area (Å²) >= 11 is 0. The van der Waals surface area contributed by atoms with Gasteiger partial charge in [-0.15, -0.1) is 0 Å². The van der Waals surface area contributed by atoms with Crippen LogP contribution in [0.1, 0.15) is 35.5 Å². The van der Waals surface area contributed by atoms with E-state index in [0.29, 0.717) is 17.0 Å². The summed E-state index contributed by atoms with van der Waals surface area (Å²) in [6.45, 7) is 1.96. The van der Waals surface area contributed by atoms with Gasteiger partial charge >= 0.3 is 6.09 Å². The summed E-state index contributed by atoms with van der Waals surface area (Å²) in [4.78, 5) is 24.6. The number of nitrogens with zero attached hydrogens (tertiary/aromatic N) is 3. The second kappa shape index (κ2) is 6.25. The van der Waals surface area contributed by atoms with Gasteiger partial charge in [-0.25, -0.2) is 14.8 Å². The Hall–Kier alpha value is -3.22. The second-order valence-electron chi connectivity index (χ2n) is 6.42. The van der Waals surface area contributed by atoms with E-state index in [-0.39, 0.29) is 11.8 Å². The van der Waals surface area contributed by atoms with Crippen LogP contribution in [0.4, 0.5) is 10.5 Å². The lowest BCUT2D eigenvalue weighted by Gasteiger charge is -2.10. The largest absolute Gasteiger partial charge is 0.496 e. The van der Waals surface area contributed by atoms with Gasteiger partial charge < -0.3 is 9.84 Å². The fourth-order valence-corrected chi connectivity index (χ4v) is 3.24. The van der Waals surface area contributed by atoms with E-state index in [1.165, 1.54) is 0 Å². The molecule has 4 rings (SSSR count). The Bertz CT molecular complexity index is 1010. The van der Waals surface area contributed by atoms with Crippen molar-refractivity contribution >= 4 is 22.7 Å². The van der Waals surface area contributed by atoms with Crippen LogP contribution in [0.2, 0.25) is 0 Å². The molecule has 0 saturated heterocycles. The summed E-state index contributed by atoms with van der Waals surface area (Å²) in [6, 6.07) is 9.22. The molecule has 7 heteroatoms. The van der Waals surface area contributed by atoms with Crippen molar-refractivity contribution in [3.63, 3.8) is 0 Å². The first-order chi connectivity index (χ1) is 12.5. The van der Waals surface area contributed by atoms with Gasteiger partial charge in [-0.3, -0.25) is 10.3 Å². The maximum Gasteiger partial charge on any atom is 0.409 e. The highest BCUT2D eigenvalue weighted by Crippen LogP contribution is 2.53. The number of anilines is 1. The van der Waals surface area contributed by atoms with Crippen molar-refractivity contribution in [2.45, 2.75) is 25.2 Å². The summed E-state index contributed by atoms with van der Waals surface area (Å²) in [5.74, 6) is 2.00. The van der Waals surface area contributed by atoms with Crippen molar-refractivity contribution in [3.8, 4) is 5.75 Å². The van der Waals surface area contributed by atoms with Crippen LogP contribution in [0.5, 0.6) is 5.75 Å². The van der Waals surface area contributed by atoms with E-state index in [9.17, 15) is 4.79 Å². The number of rotatable bonds is 4. The average Bonchev–Trinajstić information content (AvgIpc) is 3.40. The van der Waals surface area contributed by atoms with Crippen LogP contribution >= 0.6 is 0 Å². The highest BCUT2D eigenvalue weighted by Gasteiger charge is 2.42. The molecule has 0 aliphatic heterocycles. The van der Waals surface area contributed by atoms with Gasteiger partial charge in [-0.05, 0) is 37.6 Å². The van der Waals surface area contributed by atoms with Crippen molar-refractivity contribution in [3.05, 3.63) is 53.7 Å². The van der Waals surface area contributed by atoms with Gasteiger partial charge in [0.05, 0.1) is 12.6 Å². The molecule has 0 bridgehead atoms. The normalized spacial score (nSPS) is 18.5. The standard InChI is InChI=1S/C19H18N4O3/c1-10-5-6-20-18(21-10)14-9-13(14)15-4-3-12-16(23-15)7-11(22-19(24)25)8-17(12)26-2/h3-8,13-14,22H,9H2,1-2H3,(H,24,25)/t13-,14-/m0/s1. The molecule has 1 aromatic carbocycles. The van der Waals surface area contributed by atoms with Crippen molar-refractivity contribution in [1.29, 1.82) is 0 Å². The third kappa shape index (κ3) is 3.03. The van der Waals surface area contributed by atoms with Gasteiger partial charge in [0, 0.05) is 46.6 Å². The molecule has 26 heavy (non-hydrogen) atoms. The number of nitrogens with one attached hydrogen (secondary N) is 1. The molecule has 1 amide bonds. The van der Waals surface area contributed by atoms with E-state index in [2.05, 4.69) is 15.3 Å². The highest BCUT2D eigenvalue weighted by molar-refractivity contribution is 5.92. The van der Waals surface area contributed by atoms with Crippen molar-refractivity contribution in [2.75, 3.05) is 12.4 Å². The van der Waals surface area contributed by atoms with Crippen molar-refractivity contribution < 1.29 is 14.6 Å². The fraction of sp³-hybridized carbons (Fsp3) is 0.263. The summed E-state index contributed by atoms with van der Waals surface area (Å²) < 4.78 is 5.38. The maximum absolute atomic E-state index is 10.9. The molecule has 2 aromatic heterocycles. The molecule has 3 aromatic rings. The predicted octanol–water partition coefficient (Wildman–Crippen LogP) is 3.70. The van der Waals surface area contributed by atoms with E-state index in [1.807, 2.05) is 25.1 Å². The Morgan fingerprint density at radius 3 is 2.81 bits per heavy atom. The number of aryl methyl sites for hydroxylation is 1. The molecule has 2 atom stereocenters. The minimum Gasteiger partial charge on any atom is -0.496 e. The third-order valence-corrected chi connectivity index (χ3v) is 4.58. The first-order valence-corrected chi connectivity index (χ1v) is 8.33. The van der Waals surface area contributed by atoms with Crippen LogP contribution in [0.25, 0.3) is 10.9 Å². The first kappa shape index (κ1) is 16.3. The number of amides is 1. The van der Waals surface area contributed by atoms with Crippen LogP contribution in [0.15, 0.2) is 36.5 Å². The van der Waals surface area contributed by atoms with Crippen LogP contribution in [0, 0.1) is 6.92 Å². The third-order valence-electron chi connectivity index (χ3n) is 4.58. The Labute approximate surface area is 150 Å². The van der Waals surface area contributed by atoms with Gasteiger partial charge in [0.2, 0.25) is 0 Å². The van der Waals surface area contributed by atoms with Crippen LogP contribution in [-0.2, 0) is 0 Å². The molecule has 1 fully saturated rings. The number of aromatic nitrogens is 3. The summed E-state index contributed by atoms with van der Waals surface area (Å²) in [6.07, 6.45) is 1.63. The van der Waals surface area contributed by atoms with E-state index in [4.69, 9.17) is 14.8 Å². The van der Waals surface area contributed by atoms with E-state index < -0.39 is 6.09 Å². The molecular weight excluding hydrogens is 332 g/mol. The number of methoxy groups -OCH3 is 1. The Balaban J connectivity index is 1.68. The van der Waals surface area contributed by atoms with Gasteiger partial charge in [0.15, 0.2) is 0 Å². The number of fused-ring (bicyclic) bond motifs is 1. The fourth-order valence-electron chi connectivity index (χ4n) is 3.24.